The monoisotopic (exact) mass is 502 g/mol. The molecule has 1 aromatic rings. The Labute approximate surface area is 186 Å². The van der Waals surface area contributed by atoms with Gasteiger partial charge in [0, 0.05) is 64.1 Å². The number of nitrogens with one attached hydrogen (secondary N) is 2. The Hall–Kier alpha value is -1.42. The number of aliphatic imine (C=N–C) groups is 1. The summed E-state index contributed by atoms with van der Waals surface area (Å²) in [4.78, 5) is 25.1. The van der Waals surface area contributed by atoms with E-state index in [-0.39, 0.29) is 36.4 Å². The molecule has 0 saturated carbocycles. The predicted molar refractivity (Wildman–Crippen MR) is 125 cm³/mol. The Morgan fingerprint density at radius 3 is 2.71 bits per heavy atom. The number of hydrogen-bond donors (Lipinski definition) is 2. The topological polar surface area (TPSA) is 72.9 Å². The molecule has 2 unspecified atom stereocenters. The molecular formula is C20H35IN6O. The summed E-state index contributed by atoms with van der Waals surface area (Å²) in [6.07, 6.45) is 2.53. The number of hydrogen-bond acceptors (Lipinski definition) is 4. The third-order valence-corrected chi connectivity index (χ3v) is 5.18. The van der Waals surface area contributed by atoms with Crippen molar-refractivity contribution in [3.8, 4) is 0 Å². The van der Waals surface area contributed by atoms with Gasteiger partial charge in [0.25, 0.3) is 0 Å². The Kier molecular flexibility index (Phi) is 10.7. The smallest absolute Gasteiger partial charge is 0.241 e. The molecule has 1 aromatic heterocycles. The summed E-state index contributed by atoms with van der Waals surface area (Å²) in [6, 6.07) is 6.73. The van der Waals surface area contributed by atoms with Crippen molar-refractivity contribution >= 4 is 35.8 Å². The molecule has 2 heterocycles. The fourth-order valence-electron chi connectivity index (χ4n) is 3.23. The van der Waals surface area contributed by atoms with Crippen LogP contribution in [0.15, 0.2) is 29.4 Å². The van der Waals surface area contributed by atoms with E-state index in [0.29, 0.717) is 30.5 Å². The maximum Gasteiger partial charge on any atom is 0.241 e. The van der Waals surface area contributed by atoms with Gasteiger partial charge >= 0.3 is 0 Å². The minimum atomic E-state index is 0. The quantitative estimate of drug-likeness (QED) is 0.337. The van der Waals surface area contributed by atoms with E-state index in [2.05, 4.69) is 46.3 Å². The highest BCUT2D eigenvalue weighted by atomic mass is 127. The number of halogens is 1. The zero-order chi connectivity index (χ0) is 19.8. The Balaban J connectivity index is 0.00000392. The van der Waals surface area contributed by atoms with E-state index >= 15 is 0 Å². The first-order chi connectivity index (χ1) is 12.9. The van der Waals surface area contributed by atoms with Gasteiger partial charge in [0.2, 0.25) is 5.91 Å². The largest absolute Gasteiger partial charge is 0.352 e. The maximum absolute atomic E-state index is 12.4. The molecule has 1 aliphatic heterocycles. The van der Waals surface area contributed by atoms with Gasteiger partial charge in [-0.1, -0.05) is 13.0 Å². The number of aromatic nitrogens is 1. The van der Waals surface area contributed by atoms with Crippen molar-refractivity contribution in [1.29, 1.82) is 0 Å². The van der Waals surface area contributed by atoms with Crippen molar-refractivity contribution in [3.05, 3.63) is 30.1 Å². The Bertz CT molecular complexity index is 624. The van der Waals surface area contributed by atoms with Gasteiger partial charge in [0.1, 0.15) is 0 Å². The fraction of sp³-hybridized carbons (Fsp3) is 0.650. The molecule has 1 amide bonds. The molecule has 1 saturated heterocycles. The van der Waals surface area contributed by atoms with Gasteiger partial charge in [-0.05, 0) is 31.9 Å². The Morgan fingerprint density at radius 1 is 1.39 bits per heavy atom. The molecule has 0 aromatic carbocycles. The van der Waals surface area contributed by atoms with Crippen LogP contribution in [0.5, 0.6) is 0 Å². The molecule has 1 aliphatic rings. The zero-order valence-corrected chi connectivity index (χ0v) is 20.0. The van der Waals surface area contributed by atoms with Crippen LogP contribution in [0.1, 0.15) is 26.5 Å². The van der Waals surface area contributed by atoms with Crippen LogP contribution in [0.2, 0.25) is 0 Å². The van der Waals surface area contributed by atoms with E-state index in [4.69, 9.17) is 0 Å². The lowest BCUT2D eigenvalue weighted by molar-refractivity contribution is -0.128. The van der Waals surface area contributed by atoms with E-state index in [1.807, 2.05) is 25.2 Å². The van der Waals surface area contributed by atoms with E-state index in [1.54, 1.807) is 18.1 Å². The van der Waals surface area contributed by atoms with E-state index in [9.17, 15) is 4.79 Å². The van der Waals surface area contributed by atoms with Crippen LogP contribution in [0.4, 0.5) is 0 Å². The second-order valence-corrected chi connectivity index (χ2v) is 7.59. The summed E-state index contributed by atoms with van der Waals surface area (Å²) in [5.74, 6) is 1.27. The van der Waals surface area contributed by atoms with Crippen molar-refractivity contribution in [1.82, 2.24) is 25.4 Å². The number of rotatable bonds is 7. The van der Waals surface area contributed by atoms with Gasteiger partial charge in [0.05, 0.1) is 6.54 Å². The van der Waals surface area contributed by atoms with Gasteiger partial charge in [0.15, 0.2) is 5.96 Å². The van der Waals surface area contributed by atoms with Crippen LogP contribution < -0.4 is 10.6 Å². The van der Waals surface area contributed by atoms with Crippen LogP contribution >= 0.6 is 24.0 Å². The summed E-state index contributed by atoms with van der Waals surface area (Å²) in [7, 11) is 3.56. The lowest BCUT2D eigenvalue weighted by atomic mass is 10.1. The second kappa shape index (κ2) is 12.2. The first-order valence-electron chi connectivity index (χ1n) is 9.75. The normalized spacial score (nSPS) is 20.0. The molecule has 1 fully saturated rings. The third kappa shape index (κ3) is 7.54. The van der Waals surface area contributed by atoms with Crippen molar-refractivity contribution in [2.45, 2.75) is 39.3 Å². The molecule has 8 heteroatoms. The molecule has 28 heavy (non-hydrogen) atoms. The summed E-state index contributed by atoms with van der Waals surface area (Å²) in [5.41, 5.74) is 0.993. The maximum atomic E-state index is 12.4. The third-order valence-electron chi connectivity index (χ3n) is 5.18. The molecule has 7 nitrogen and oxygen atoms in total. The standard InChI is InChI=1S/C20H34N6O.HI/c1-15(2)26-13-16(3)18(14-26)24-20(21-4)23-12-19(27)25(5)11-9-17-8-6-7-10-22-17;/h6-8,10,15-16,18H,9,11-14H2,1-5H3,(H2,21,23,24);1H. The number of pyridine rings is 1. The van der Waals surface area contributed by atoms with Crippen LogP contribution in [0, 0.1) is 5.92 Å². The minimum absolute atomic E-state index is 0. The highest BCUT2D eigenvalue weighted by Crippen LogP contribution is 2.18. The average molecular weight is 502 g/mol. The number of carbonyl (C=O) groups excluding carboxylic acids is 1. The van der Waals surface area contributed by atoms with Crippen LogP contribution in [0.25, 0.3) is 0 Å². The lowest BCUT2D eigenvalue weighted by Gasteiger charge is -2.22. The number of carbonyl (C=O) groups is 1. The number of nitrogens with zero attached hydrogens (tertiary/aromatic N) is 4. The molecule has 158 valence electrons. The molecular weight excluding hydrogens is 467 g/mol. The molecule has 0 aliphatic carbocycles. The second-order valence-electron chi connectivity index (χ2n) is 7.59. The number of likely N-dealkylation sites (N-methyl/N-ethyl adjacent to an activating group) is 1. The number of amides is 1. The lowest BCUT2D eigenvalue weighted by Crippen LogP contribution is -2.49. The summed E-state index contributed by atoms with van der Waals surface area (Å²) in [6.45, 7) is 9.66. The molecule has 0 spiro atoms. The highest BCUT2D eigenvalue weighted by molar-refractivity contribution is 14.0. The van der Waals surface area contributed by atoms with Gasteiger partial charge in [-0.2, -0.15) is 0 Å². The number of guanidine groups is 1. The van der Waals surface area contributed by atoms with Crippen molar-refractivity contribution in [3.63, 3.8) is 0 Å². The molecule has 2 atom stereocenters. The van der Waals surface area contributed by atoms with Crippen LogP contribution in [-0.4, -0.2) is 79.0 Å². The van der Waals surface area contributed by atoms with Gasteiger partial charge in [-0.25, -0.2) is 0 Å². The molecule has 0 bridgehead atoms. The van der Waals surface area contributed by atoms with Gasteiger partial charge in [-0.15, -0.1) is 24.0 Å². The van der Waals surface area contributed by atoms with Crippen molar-refractivity contribution < 1.29 is 4.79 Å². The van der Waals surface area contributed by atoms with E-state index < -0.39 is 0 Å². The first-order valence-corrected chi connectivity index (χ1v) is 9.75. The van der Waals surface area contributed by atoms with Crippen LogP contribution in [-0.2, 0) is 11.2 Å². The highest BCUT2D eigenvalue weighted by Gasteiger charge is 2.31. The number of likely N-dealkylation sites (tertiary alicyclic amines) is 1. The fourth-order valence-corrected chi connectivity index (χ4v) is 3.23. The molecule has 2 rings (SSSR count). The van der Waals surface area contributed by atoms with Crippen molar-refractivity contribution in [2.24, 2.45) is 10.9 Å². The molecule has 2 N–H and O–H groups in total. The minimum Gasteiger partial charge on any atom is -0.352 e. The zero-order valence-electron chi connectivity index (χ0n) is 17.7. The first kappa shape index (κ1) is 24.6. The predicted octanol–water partition coefficient (Wildman–Crippen LogP) is 1.59. The van der Waals surface area contributed by atoms with E-state index in [1.165, 1.54) is 0 Å². The molecule has 0 radical (unpaired) electrons. The van der Waals surface area contributed by atoms with Gasteiger partial charge < -0.3 is 15.5 Å². The van der Waals surface area contributed by atoms with Gasteiger partial charge in [-0.3, -0.25) is 19.7 Å². The van der Waals surface area contributed by atoms with Crippen molar-refractivity contribution in [2.75, 3.05) is 40.3 Å². The SMILES string of the molecule is CN=C(NCC(=O)N(C)CCc1ccccn1)NC1CN(C(C)C)CC1C.I. The van der Waals surface area contributed by atoms with E-state index in [0.717, 1.165) is 25.2 Å². The van der Waals surface area contributed by atoms with Crippen LogP contribution in [0.3, 0.4) is 0 Å². The summed E-state index contributed by atoms with van der Waals surface area (Å²) < 4.78 is 0. The summed E-state index contributed by atoms with van der Waals surface area (Å²) >= 11 is 0. The summed E-state index contributed by atoms with van der Waals surface area (Å²) in [5, 5.41) is 6.62. The Morgan fingerprint density at radius 2 is 2.14 bits per heavy atom. The average Bonchev–Trinajstić information content (AvgIpc) is 3.04.